The molecular weight excluding hydrogens is 300 g/mol. The molecule has 0 N–H and O–H groups in total. The lowest BCUT2D eigenvalue weighted by Gasteiger charge is -2.28. The number of amides is 2. The van der Waals surface area contributed by atoms with Crippen LogP contribution < -0.4 is 0 Å². The first-order valence-electron chi connectivity index (χ1n) is 7.78. The van der Waals surface area contributed by atoms with Gasteiger partial charge < -0.3 is 9.80 Å². The largest absolute Gasteiger partial charge is 0.337 e. The topological polar surface area (TPSA) is 40.6 Å². The second kappa shape index (κ2) is 7.63. The van der Waals surface area contributed by atoms with Crippen LogP contribution in [0.4, 0.5) is 0 Å². The van der Waals surface area contributed by atoms with E-state index in [0.717, 1.165) is 24.8 Å². The van der Waals surface area contributed by atoms with Gasteiger partial charge in [0.1, 0.15) is 0 Å². The molecule has 22 heavy (non-hydrogen) atoms. The maximum absolute atomic E-state index is 12.5. The van der Waals surface area contributed by atoms with Gasteiger partial charge in [-0.3, -0.25) is 9.59 Å². The number of carbonyl (C=O) groups is 2. The van der Waals surface area contributed by atoms with Crippen LogP contribution in [0.2, 0.25) is 5.02 Å². The minimum absolute atomic E-state index is 0.0391. The number of halogens is 1. The smallest absolute Gasteiger partial charge is 0.242 e. The first kappa shape index (κ1) is 16.8. The van der Waals surface area contributed by atoms with Gasteiger partial charge in [0.05, 0.1) is 12.6 Å². The molecule has 120 valence electrons. The van der Waals surface area contributed by atoms with E-state index in [-0.39, 0.29) is 24.4 Å². The summed E-state index contributed by atoms with van der Waals surface area (Å²) in [6, 6.07) is 7.44. The summed E-state index contributed by atoms with van der Waals surface area (Å²) in [7, 11) is 1.77. The number of likely N-dealkylation sites (N-methyl/N-ethyl adjacent to an activating group) is 1. The Kier molecular flexibility index (Phi) is 5.83. The standard InChI is InChI=1S/C17H23ClN2O2/c1-13(14-7-6-8-15(18)11-14)19(2)17(22)12-20-10-5-3-4-9-16(20)21/h6-8,11,13H,3-5,9-10,12H2,1-2H3. The molecule has 1 atom stereocenters. The molecule has 1 fully saturated rings. The van der Waals surface area contributed by atoms with Crippen LogP contribution in [0.5, 0.6) is 0 Å². The van der Waals surface area contributed by atoms with Gasteiger partial charge in [0, 0.05) is 25.0 Å². The Labute approximate surface area is 137 Å². The monoisotopic (exact) mass is 322 g/mol. The molecule has 1 saturated heterocycles. The van der Waals surface area contributed by atoms with Gasteiger partial charge in [0.15, 0.2) is 0 Å². The van der Waals surface area contributed by atoms with Gasteiger partial charge >= 0.3 is 0 Å². The molecule has 0 aliphatic carbocycles. The third-order valence-corrected chi connectivity index (χ3v) is 4.54. The summed E-state index contributed by atoms with van der Waals surface area (Å²) in [5.41, 5.74) is 0.991. The van der Waals surface area contributed by atoms with E-state index in [1.165, 1.54) is 0 Å². The van der Waals surface area contributed by atoms with Crippen LogP contribution in [0.1, 0.15) is 44.2 Å². The lowest BCUT2D eigenvalue weighted by atomic mass is 10.1. The molecule has 0 saturated carbocycles. The molecule has 2 rings (SSSR count). The highest BCUT2D eigenvalue weighted by atomic mass is 35.5. The van der Waals surface area contributed by atoms with Crippen molar-refractivity contribution in [3.63, 3.8) is 0 Å². The normalized spacial score (nSPS) is 17.0. The molecule has 0 aromatic heterocycles. The van der Waals surface area contributed by atoms with E-state index in [1.807, 2.05) is 31.2 Å². The average Bonchev–Trinajstić information content (AvgIpc) is 2.70. The second-order valence-electron chi connectivity index (χ2n) is 5.86. The van der Waals surface area contributed by atoms with Gasteiger partial charge in [-0.25, -0.2) is 0 Å². The Morgan fingerprint density at radius 2 is 2.14 bits per heavy atom. The van der Waals surface area contributed by atoms with Crippen molar-refractivity contribution in [1.82, 2.24) is 9.80 Å². The lowest BCUT2D eigenvalue weighted by Crippen LogP contribution is -2.42. The highest BCUT2D eigenvalue weighted by molar-refractivity contribution is 6.30. The van der Waals surface area contributed by atoms with Gasteiger partial charge in [-0.15, -0.1) is 0 Å². The Hall–Kier alpha value is -1.55. The van der Waals surface area contributed by atoms with Crippen molar-refractivity contribution in [2.45, 2.75) is 38.6 Å². The van der Waals surface area contributed by atoms with Gasteiger partial charge in [0.2, 0.25) is 11.8 Å². The Bertz CT molecular complexity index is 547. The van der Waals surface area contributed by atoms with Crippen molar-refractivity contribution >= 4 is 23.4 Å². The second-order valence-corrected chi connectivity index (χ2v) is 6.30. The van der Waals surface area contributed by atoms with Crippen LogP contribution >= 0.6 is 11.6 Å². The molecule has 0 radical (unpaired) electrons. The summed E-state index contributed by atoms with van der Waals surface area (Å²) in [6.07, 6.45) is 3.52. The summed E-state index contributed by atoms with van der Waals surface area (Å²) < 4.78 is 0. The molecule has 1 aromatic carbocycles. The minimum atomic E-state index is -0.0757. The van der Waals surface area contributed by atoms with E-state index in [1.54, 1.807) is 16.8 Å². The average molecular weight is 323 g/mol. The molecule has 1 unspecified atom stereocenters. The van der Waals surface area contributed by atoms with Crippen LogP contribution in [-0.4, -0.2) is 41.8 Å². The molecule has 1 aliphatic rings. The zero-order valence-corrected chi connectivity index (χ0v) is 14.0. The van der Waals surface area contributed by atoms with Crippen molar-refractivity contribution < 1.29 is 9.59 Å². The van der Waals surface area contributed by atoms with Crippen molar-refractivity contribution in [1.29, 1.82) is 0 Å². The van der Waals surface area contributed by atoms with E-state index in [0.29, 0.717) is 18.0 Å². The molecule has 4 nitrogen and oxygen atoms in total. The summed E-state index contributed by atoms with van der Waals surface area (Å²) >= 11 is 6.01. The zero-order valence-electron chi connectivity index (χ0n) is 13.2. The Morgan fingerprint density at radius 3 is 2.86 bits per heavy atom. The van der Waals surface area contributed by atoms with Gasteiger partial charge in [0.25, 0.3) is 0 Å². The van der Waals surface area contributed by atoms with E-state index < -0.39 is 0 Å². The quantitative estimate of drug-likeness (QED) is 0.853. The molecule has 1 aromatic rings. The first-order valence-corrected chi connectivity index (χ1v) is 8.15. The van der Waals surface area contributed by atoms with Gasteiger partial charge in [-0.05, 0) is 37.5 Å². The van der Waals surface area contributed by atoms with Crippen LogP contribution in [-0.2, 0) is 9.59 Å². The molecule has 2 amide bonds. The van der Waals surface area contributed by atoms with Crippen LogP contribution in [0.15, 0.2) is 24.3 Å². The number of hydrogen-bond donors (Lipinski definition) is 0. The zero-order chi connectivity index (χ0) is 16.1. The number of rotatable bonds is 4. The predicted molar refractivity (Wildman–Crippen MR) is 87.7 cm³/mol. The fourth-order valence-electron chi connectivity index (χ4n) is 2.69. The van der Waals surface area contributed by atoms with Crippen molar-refractivity contribution in [2.24, 2.45) is 0 Å². The van der Waals surface area contributed by atoms with E-state index in [9.17, 15) is 9.59 Å². The van der Waals surface area contributed by atoms with Crippen LogP contribution in [0, 0.1) is 0 Å². The van der Waals surface area contributed by atoms with Crippen molar-refractivity contribution in [3.05, 3.63) is 34.9 Å². The van der Waals surface area contributed by atoms with E-state index >= 15 is 0 Å². The van der Waals surface area contributed by atoms with E-state index in [2.05, 4.69) is 0 Å². The number of benzene rings is 1. The first-order chi connectivity index (χ1) is 10.5. The summed E-state index contributed by atoms with van der Waals surface area (Å²) in [5.74, 6) is 0.0531. The lowest BCUT2D eigenvalue weighted by molar-refractivity contribution is -0.140. The fraction of sp³-hybridized carbons (Fsp3) is 0.529. The third kappa shape index (κ3) is 4.23. The molecule has 1 heterocycles. The highest BCUT2D eigenvalue weighted by Crippen LogP contribution is 2.22. The number of likely N-dealkylation sites (tertiary alicyclic amines) is 1. The summed E-state index contributed by atoms with van der Waals surface area (Å²) in [4.78, 5) is 27.8. The molecule has 0 spiro atoms. The maximum Gasteiger partial charge on any atom is 0.242 e. The molecule has 5 heteroatoms. The molecular formula is C17H23ClN2O2. The number of carbonyl (C=O) groups excluding carboxylic acids is 2. The third-order valence-electron chi connectivity index (χ3n) is 4.30. The summed E-state index contributed by atoms with van der Waals surface area (Å²) in [6.45, 7) is 2.82. The molecule has 1 aliphatic heterocycles. The fourth-order valence-corrected chi connectivity index (χ4v) is 2.89. The molecule has 0 bridgehead atoms. The van der Waals surface area contributed by atoms with Crippen LogP contribution in [0.25, 0.3) is 0 Å². The van der Waals surface area contributed by atoms with Gasteiger partial charge in [-0.1, -0.05) is 30.2 Å². The number of nitrogens with zero attached hydrogens (tertiary/aromatic N) is 2. The SMILES string of the molecule is CC(c1cccc(Cl)c1)N(C)C(=O)CN1CCCCCC1=O. The summed E-state index contributed by atoms with van der Waals surface area (Å²) in [5, 5.41) is 0.660. The predicted octanol–water partition coefficient (Wildman–Crippen LogP) is 3.26. The Morgan fingerprint density at radius 1 is 1.36 bits per heavy atom. The van der Waals surface area contributed by atoms with Crippen LogP contribution in [0.3, 0.4) is 0 Å². The minimum Gasteiger partial charge on any atom is -0.337 e. The number of hydrogen-bond acceptors (Lipinski definition) is 2. The van der Waals surface area contributed by atoms with E-state index in [4.69, 9.17) is 11.6 Å². The van der Waals surface area contributed by atoms with Crippen molar-refractivity contribution in [2.75, 3.05) is 20.1 Å². The maximum atomic E-state index is 12.5. The van der Waals surface area contributed by atoms with Gasteiger partial charge in [-0.2, -0.15) is 0 Å². The van der Waals surface area contributed by atoms with Crippen molar-refractivity contribution in [3.8, 4) is 0 Å². The Balaban J connectivity index is 2.00. The highest BCUT2D eigenvalue weighted by Gasteiger charge is 2.23.